The molecule has 3 N–H and O–H groups in total. The number of esters is 1. The lowest BCUT2D eigenvalue weighted by Crippen LogP contribution is -2.56. The van der Waals surface area contributed by atoms with Gasteiger partial charge in [-0.2, -0.15) is 0 Å². The second kappa shape index (κ2) is 16.8. The van der Waals surface area contributed by atoms with E-state index < -0.39 is 67.0 Å². The largest absolute Gasteiger partial charge is 0.469 e. The van der Waals surface area contributed by atoms with Crippen LogP contribution in [-0.2, 0) is 33.3 Å². The standard InChI is InChI=1S/C32H43N4O9P/c1-21(2)31(46(42,44-24-13-8-6-9-14-24)45-25-15-10-7-11-16-25)35-30(40)26-17-12-20-36(26)32(41)23(4)34-29(39)22(3)33-27(37)18-19-28(38)43-5/h6-11,13-16,21-23,26,31H,12,17-20H2,1-5H3,(H,33,37)(H,34,39)(H,35,40). The molecule has 14 heteroatoms. The Morgan fingerprint density at radius 3 is 1.91 bits per heavy atom. The van der Waals surface area contributed by atoms with Crippen molar-refractivity contribution in [2.45, 2.75) is 77.3 Å². The van der Waals surface area contributed by atoms with Gasteiger partial charge in [0.05, 0.1) is 13.5 Å². The average Bonchev–Trinajstić information content (AvgIpc) is 3.52. The Kier molecular flexibility index (Phi) is 13.2. The van der Waals surface area contributed by atoms with E-state index in [1.54, 1.807) is 74.5 Å². The molecule has 0 bridgehead atoms. The molecule has 4 unspecified atom stereocenters. The van der Waals surface area contributed by atoms with Gasteiger partial charge in [0.2, 0.25) is 23.6 Å². The number of likely N-dealkylation sites (tertiary alicyclic amines) is 1. The van der Waals surface area contributed by atoms with Crippen molar-refractivity contribution in [3.05, 3.63) is 60.7 Å². The van der Waals surface area contributed by atoms with Crippen LogP contribution in [0.4, 0.5) is 0 Å². The second-order valence-corrected chi connectivity index (χ2v) is 13.3. The van der Waals surface area contributed by atoms with Crippen LogP contribution >= 0.6 is 7.60 Å². The van der Waals surface area contributed by atoms with Crippen molar-refractivity contribution in [2.24, 2.45) is 5.92 Å². The highest BCUT2D eigenvalue weighted by Gasteiger charge is 2.45. The molecule has 13 nitrogen and oxygen atoms in total. The van der Waals surface area contributed by atoms with Crippen LogP contribution in [0.1, 0.15) is 53.4 Å². The number of carbonyl (C=O) groups is 5. The lowest BCUT2D eigenvalue weighted by atomic mass is 10.1. The molecular formula is C32H43N4O9P. The molecule has 0 saturated carbocycles. The molecule has 1 saturated heterocycles. The molecule has 4 atom stereocenters. The van der Waals surface area contributed by atoms with E-state index >= 15 is 0 Å². The molecule has 1 heterocycles. The Morgan fingerprint density at radius 1 is 0.826 bits per heavy atom. The van der Waals surface area contributed by atoms with Crippen molar-refractivity contribution in [3.63, 3.8) is 0 Å². The predicted octanol–water partition coefficient (Wildman–Crippen LogP) is 3.39. The summed E-state index contributed by atoms with van der Waals surface area (Å²) < 4.78 is 30.9. The van der Waals surface area contributed by atoms with E-state index in [4.69, 9.17) is 9.05 Å². The van der Waals surface area contributed by atoms with Crippen molar-refractivity contribution >= 4 is 37.2 Å². The number of amides is 4. The zero-order chi connectivity index (χ0) is 33.9. The van der Waals surface area contributed by atoms with Crippen molar-refractivity contribution in [3.8, 4) is 11.5 Å². The number of nitrogens with one attached hydrogen (secondary N) is 3. The lowest BCUT2D eigenvalue weighted by molar-refractivity contribution is -0.142. The zero-order valence-electron chi connectivity index (χ0n) is 26.8. The summed E-state index contributed by atoms with van der Waals surface area (Å²) in [5, 5.41) is 7.92. The minimum atomic E-state index is -4.09. The monoisotopic (exact) mass is 658 g/mol. The topological polar surface area (TPSA) is 169 Å². The molecule has 2 aromatic rings. The number of carbonyl (C=O) groups excluding carboxylic acids is 5. The van der Waals surface area contributed by atoms with Crippen molar-refractivity contribution in [1.29, 1.82) is 0 Å². The number of nitrogens with zero attached hydrogens (tertiary/aromatic N) is 1. The van der Waals surface area contributed by atoms with Gasteiger partial charge >= 0.3 is 13.6 Å². The fourth-order valence-electron chi connectivity index (χ4n) is 4.89. The smallest absolute Gasteiger partial charge is 0.453 e. The Labute approximate surface area is 269 Å². The highest BCUT2D eigenvalue weighted by atomic mass is 31.2. The number of benzene rings is 2. The fourth-order valence-corrected chi connectivity index (χ4v) is 7.00. The molecule has 1 fully saturated rings. The summed E-state index contributed by atoms with van der Waals surface area (Å²) in [5.41, 5.74) is 0. The first-order valence-corrected chi connectivity index (χ1v) is 16.8. The van der Waals surface area contributed by atoms with Crippen molar-refractivity contribution in [2.75, 3.05) is 13.7 Å². The summed E-state index contributed by atoms with van der Waals surface area (Å²) in [6, 6.07) is 14.2. The quantitative estimate of drug-likeness (QED) is 0.192. The SMILES string of the molecule is COC(=O)CCC(=O)NC(C)C(=O)NC(C)C(=O)N1CCCC1C(=O)NC(C(C)C)P(=O)(Oc1ccccc1)Oc1ccccc1. The van der Waals surface area contributed by atoms with Gasteiger partial charge in [-0.25, -0.2) is 4.57 Å². The zero-order valence-corrected chi connectivity index (χ0v) is 27.7. The molecule has 4 amide bonds. The van der Waals surface area contributed by atoms with E-state index in [2.05, 4.69) is 20.7 Å². The third-order valence-electron chi connectivity index (χ3n) is 7.34. The minimum absolute atomic E-state index is 0.131. The summed E-state index contributed by atoms with van der Waals surface area (Å²) in [6.07, 6.45) is 0.621. The highest BCUT2D eigenvalue weighted by Crippen LogP contribution is 2.54. The summed E-state index contributed by atoms with van der Waals surface area (Å²) in [7, 11) is -2.88. The average molecular weight is 659 g/mol. The van der Waals surface area contributed by atoms with Crippen LogP contribution < -0.4 is 25.0 Å². The third kappa shape index (κ3) is 10.1. The molecular weight excluding hydrogens is 615 g/mol. The van der Waals surface area contributed by atoms with E-state index in [1.165, 1.54) is 25.9 Å². The first-order chi connectivity index (χ1) is 21.8. The van der Waals surface area contributed by atoms with Gasteiger partial charge in [0.15, 0.2) is 5.78 Å². The molecule has 250 valence electrons. The van der Waals surface area contributed by atoms with E-state index in [0.29, 0.717) is 24.3 Å². The number of hydrogen-bond donors (Lipinski definition) is 3. The van der Waals surface area contributed by atoms with Crippen LogP contribution in [0.2, 0.25) is 0 Å². The van der Waals surface area contributed by atoms with Gasteiger partial charge in [0, 0.05) is 13.0 Å². The first kappa shape index (κ1) is 36.1. The Morgan fingerprint density at radius 2 is 1.39 bits per heavy atom. The first-order valence-electron chi connectivity index (χ1n) is 15.2. The van der Waals surface area contributed by atoms with Gasteiger partial charge < -0.3 is 34.6 Å². The predicted molar refractivity (Wildman–Crippen MR) is 170 cm³/mol. The summed E-state index contributed by atoms with van der Waals surface area (Å²) in [5.74, 6) is -3.55. The van der Waals surface area contributed by atoms with Crippen LogP contribution in [0.3, 0.4) is 0 Å². The van der Waals surface area contributed by atoms with E-state index in [9.17, 15) is 28.5 Å². The number of methoxy groups -OCH3 is 1. The molecule has 2 aromatic carbocycles. The highest BCUT2D eigenvalue weighted by molar-refractivity contribution is 7.55. The molecule has 0 aromatic heterocycles. The van der Waals surface area contributed by atoms with Crippen LogP contribution in [0.5, 0.6) is 11.5 Å². The fraction of sp³-hybridized carbons (Fsp3) is 0.469. The Balaban J connectivity index is 1.70. The van der Waals surface area contributed by atoms with Crippen LogP contribution in [0.15, 0.2) is 60.7 Å². The van der Waals surface area contributed by atoms with Crippen LogP contribution in [0.25, 0.3) is 0 Å². The van der Waals surface area contributed by atoms with Gasteiger partial charge in [-0.1, -0.05) is 50.2 Å². The van der Waals surface area contributed by atoms with E-state index in [-0.39, 0.29) is 19.4 Å². The minimum Gasteiger partial charge on any atom is -0.469 e. The number of ether oxygens (including phenoxy) is 1. The van der Waals surface area contributed by atoms with E-state index in [1.807, 2.05) is 0 Å². The van der Waals surface area contributed by atoms with Gasteiger partial charge in [-0.15, -0.1) is 0 Å². The molecule has 1 aliphatic heterocycles. The van der Waals surface area contributed by atoms with Gasteiger partial charge in [0.25, 0.3) is 0 Å². The molecule has 1 aliphatic rings. The Bertz CT molecular complexity index is 1360. The molecule has 0 radical (unpaired) electrons. The maximum Gasteiger partial charge on any atom is 0.453 e. The van der Waals surface area contributed by atoms with E-state index in [0.717, 1.165) is 0 Å². The number of rotatable bonds is 15. The molecule has 46 heavy (non-hydrogen) atoms. The normalized spacial score (nSPS) is 16.5. The second-order valence-electron chi connectivity index (χ2n) is 11.3. The van der Waals surface area contributed by atoms with Crippen LogP contribution in [0, 0.1) is 5.92 Å². The lowest BCUT2D eigenvalue weighted by Gasteiger charge is -2.33. The summed E-state index contributed by atoms with van der Waals surface area (Å²) >= 11 is 0. The van der Waals surface area contributed by atoms with Crippen molar-refractivity contribution in [1.82, 2.24) is 20.9 Å². The molecule has 0 spiro atoms. The summed E-state index contributed by atoms with van der Waals surface area (Å²) in [4.78, 5) is 64.6. The maximum absolute atomic E-state index is 14.5. The summed E-state index contributed by atoms with van der Waals surface area (Å²) in [6.45, 7) is 6.79. The van der Waals surface area contributed by atoms with Gasteiger partial charge in [0.1, 0.15) is 29.6 Å². The van der Waals surface area contributed by atoms with Crippen LogP contribution in [-0.4, -0.2) is 72.1 Å². The number of para-hydroxylation sites is 2. The maximum atomic E-state index is 14.5. The number of hydrogen-bond acceptors (Lipinski definition) is 9. The third-order valence-corrected chi connectivity index (χ3v) is 9.67. The molecule has 0 aliphatic carbocycles. The molecule has 3 rings (SSSR count). The van der Waals surface area contributed by atoms with Gasteiger partial charge in [-0.3, -0.25) is 24.0 Å². The van der Waals surface area contributed by atoms with Crippen molar-refractivity contribution < 1.29 is 42.3 Å². The van der Waals surface area contributed by atoms with Gasteiger partial charge in [-0.05, 0) is 56.9 Å². The Hall–Kier alpha value is -4.38.